The fourth-order valence-corrected chi connectivity index (χ4v) is 14.6. The molecule has 12 aromatic carbocycles. The van der Waals surface area contributed by atoms with Crippen LogP contribution in [-0.2, 0) is 48.4 Å². The van der Waals surface area contributed by atoms with Crippen molar-refractivity contribution in [2.75, 3.05) is 34.7 Å². The topological polar surface area (TPSA) is 302 Å². The highest BCUT2D eigenvalue weighted by molar-refractivity contribution is 7.90. The van der Waals surface area contributed by atoms with Crippen LogP contribution in [0.3, 0.4) is 0 Å². The van der Waals surface area contributed by atoms with Gasteiger partial charge < -0.3 is 40.2 Å². The summed E-state index contributed by atoms with van der Waals surface area (Å²) in [6.45, 7) is 0.504. The predicted octanol–water partition coefficient (Wildman–Crippen LogP) is 21.3. The molecule has 22 nitrogen and oxygen atoms in total. The number of amides is 4. The van der Waals surface area contributed by atoms with Crippen LogP contribution in [-0.4, -0.2) is 108 Å². The van der Waals surface area contributed by atoms with Gasteiger partial charge in [-0.3, -0.25) is 39.6 Å². The Kier molecular flexibility index (Phi) is 30.3. The summed E-state index contributed by atoms with van der Waals surface area (Å²) in [4.78, 5) is 51.7. The molecule has 8 N–H and O–H groups in total. The molecule has 0 saturated carbocycles. The highest BCUT2D eigenvalue weighted by atomic mass is 35.5. The smallest absolute Gasteiger partial charge is 0.416 e. The second-order valence-electron chi connectivity index (χ2n) is 29.4. The van der Waals surface area contributed by atoms with Crippen LogP contribution in [0.15, 0.2) is 248 Å². The summed E-state index contributed by atoms with van der Waals surface area (Å²) in [5, 5.41) is 42.9. The molecule has 0 fully saturated rings. The standard InChI is InChI=1S/2C25H19F4N3O2.C25H22FN3O4S.C24H19ClFN3O2/c1-34-23-19(24(33)30-14-16-2-7-17(8-3-16)25(27,28)29)11-13-21-22(23)20(31-32-21)12-6-15-4-9-18(26)10-5-15;1-34-23-19(24(33)30-14-16-3-2-4-17(13-16)25(27,28)29)10-12-21-22(23)20(31-32-21)11-7-15-5-8-18(26)9-6-15;1-33-24-20(25(30)27-15-17-5-10-19(11-6-17)34(2,31)32)12-14-22-23(24)21(28-29-22)13-7-16-3-8-18(26)9-4-16;1-31-23-19(24(30)27-14-16-3-2-4-17(25)13-16)10-12-21-22(23)20(28-29-21)11-7-15-5-8-18(26)9-6-15/h2*2-13H,14H2,1H3,(H,30,33)(H,31,32);3-14H,15H2,1-2H3,(H,27,30)(H,28,29);2-13H,14H2,1H3,(H,27,30)(H,28,29)/b12-6+;11-7+;13-7+;11-7+. The largest absolute Gasteiger partial charge is 0.495 e. The lowest BCUT2D eigenvalue weighted by Crippen LogP contribution is -2.23. The number of hydrogen-bond donors (Lipinski definition) is 8. The van der Waals surface area contributed by atoms with E-state index in [1.165, 1.54) is 119 Å². The third-order valence-corrected chi connectivity index (χ3v) is 21.8. The summed E-state index contributed by atoms with van der Waals surface area (Å²) < 4.78 is 175. The number of H-pyrrole nitrogens is 4. The Balaban J connectivity index is 0.000000151. The Labute approximate surface area is 758 Å². The lowest BCUT2D eigenvalue weighted by atomic mass is 10.1. The van der Waals surface area contributed by atoms with Crippen LogP contribution >= 0.6 is 11.6 Å². The molecule has 0 aliphatic rings. The third-order valence-electron chi connectivity index (χ3n) is 20.4. The molecule has 133 heavy (non-hydrogen) atoms. The van der Waals surface area contributed by atoms with E-state index in [1.807, 2.05) is 24.3 Å². The minimum atomic E-state index is -4.46. The van der Waals surface area contributed by atoms with Gasteiger partial charge in [-0.05, 0) is 214 Å². The number of ether oxygens (including phenoxy) is 4. The fraction of sp³-hybridized carbons (Fsp3) is 0.111. The zero-order valence-corrected chi connectivity index (χ0v) is 72.6. The second kappa shape index (κ2) is 42.6. The highest BCUT2D eigenvalue weighted by Crippen LogP contribution is 2.39. The van der Waals surface area contributed by atoms with Crippen LogP contribution in [0.5, 0.6) is 23.0 Å². The fourth-order valence-electron chi connectivity index (χ4n) is 13.7. The molecule has 0 unspecified atom stereocenters. The van der Waals surface area contributed by atoms with Crippen molar-refractivity contribution >= 4 is 137 Å². The lowest BCUT2D eigenvalue weighted by Gasteiger charge is -2.12. The lowest BCUT2D eigenvalue weighted by molar-refractivity contribution is -0.138. The average Bonchev–Trinajstić information content (AvgIpc) is 1.67. The Bertz CT molecular complexity index is 7150. The molecule has 0 saturated heterocycles. The van der Waals surface area contributed by atoms with Crippen molar-refractivity contribution in [2.45, 2.75) is 43.4 Å². The number of fused-ring (bicyclic) bond motifs is 4. The molecule has 678 valence electrons. The highest BCUT2D eigenvalue weighted by Gasteiger charge is 2.32. The molecule has 34 heteroatoms. The zero-order chi connectivity index (χ0) is 94.7. The number of methoxy groups -OCH3 is 4. The van der Waals surface area contributed by atoms with Gasteiger partial charge >= 0.3 is 12.4 Å². The number of alkyl halides is 6. The molecule has 0 atom stereocenters. The summed E-state index contributed by atoms with van der Waals surface area (Å²) >= 11 is 6.01. The average molecular weight is 1850 g/mol. The van der Waals surface area contributed by atoms with E-state index in [2.05, 4.69) is 62.1 Å². The molecule has 0 aliphatic heterocycles. The minimum Gasteiger partial charge on any atom is -0.495 e. The Morgan fingerprint density at radius 1 is 0.338 bits per heavy atom. The van der Waals surface area contributed by atoms with E-state index in [0.717, 1.165) is 63.9 Å². The van der Waals surface area contributed by atoms with Crippen LogP contribution in [0, 0.1) is 23.3 Å². The Morgan fingerprint density at radius 2 is 0.609 bits per heavy atom. The van der Waals surface area contributed by atoms with Crippen molar-refractivity contribution in [1.29, 1.82) is 0 Å². The van der Waals surface area contributed by atoms with Crippen LogP contribution in [0.25, 0.3) is 92.2 Å². The zero-order valence-electron chi connectivity index (χ0n) is 71.0. The van der Waals surface area contributed by atoms with Crippen molar-refractivity contribution in [2.24, 2.45) is 0 Å². The molecular formula is C99H79ClF10N12O10S. The molecule has 4 aromatic heterocycles. The minimum absolute atomic E-state index is 0.0425. The maximum absolute atomic E-state index is 13.1. The van der Waals surface area contributed by atoms with Gasteiger partial charge in [-0.2, -0.15) is 46.7 Å². The summed E-state index contributed by atoms with van der Waals surface area (Å²) in [6.07, 6.45) is 6.50. The molecule has 0 aliphatic carbocycles. The number of halogens is 11. The molecule has 4 heterocycles. The van der Waals surface area contributed by atoms with E-state index in [0.29, 0.717) is 117 Å². The van der Waals surface area contributed by atoms with Gasteiger partial charge in [0.2, 0.25) is 0 Å². The number of aromatic amines is 4. The van der Waals surface area contributed by atoms with E-state index < -0.39 is 45.1 Å². The van der Waals surface area contributed by atoms with Crippen LogP contribution in [0.4, 0.5) is 43.9 Å². The van der Waals surface area contributed by atoms with Gasteiger partial charge in [-0.1, -0.05) is 133 Å². The number of rotatable bonds is 25. The first-order valence-corrected chi connectivity index (χ1v) is 42.5. The Hall–Kier alpha value is -15.9. The number of aromatic nitrogens is 8. The van der Waals surface area contributed by atoms with Gasteiger partial charge in [0.25, 0.3) is 23.6 Å². The van der Waals surface area contributed by atoms with E-state index in [-0.39, 0.29) is 76.5 Å². The van der Waals surface area contributed by atoms with Crippen LogP contribution < -0.4 is 40.2 Å². The normalized spacial score (nSPS) is 11.6. The predicted molar refractivity (Wildman–Crippen MR) is 490 cm³/mol. The first kappa shape index (κ1) is 94.7. The molecule has 0 radical (unpaired) electrons. The number of nitrogens with one attached hydrogen (secondary N) is 8. The van der Waals surface area contributed by atoms with Crippen molar-refractivity contribution in [1.82, 2.24) is 62.1 Å². The number of carbonyl (C=O) groups excluding carboxylic acids is 4. The van der Waals surface area contributed by atoms with Gasteiger partial charge in [0.1, 0.15) is 46.3 Å². The van der Waals surface area contributed by atoms with Gasteiger partial charge in [-0.15, -0.1) is 0 Å². The summed E-state index contributed by atoms with van der Waals surface area (Å²) in [5.74, 6) is -1.49. The monoisotopic (exact) mass is 1850 g/mol. The number of hydrogen-bond acceptors (Lipinski definition) is 14. The van der Waals surface area contributed by atoms with Crippen molar-refractivity contribution < 1.29 is 90.4 Å². The van der Waals surface area contributed by atoms with E-state index in [1.54, 1.807) is 152 Å². The van der Waals surface area contributed by atoms with Crippen molar-refractivity contribution in [3.8, 4) is 23.0 Å². The number of nitrogens with zero attached hydrogens (tertiary/aromatic N) is 4. The molecule has 16 rings (SSSR count). The number of benzene rings is 12. The van der Waals surface area contributed by atoms with Crippen LogP contribution in [0.2, 0.25) is 5.02 Å². The Morgan fingerprint density at radius 3 is 0.880 bits per heavy atom. The maximum atomic E-state index is 13.1. The molecular weight excluding hydrogens is 1770 g/mol. The van der Waals surface area contributed by atoms with Gasteiger partial charge in [-0.25, -0.2) is 26.0 Å². The molecule has 0 bridgehead atoms. The van der Waals surface area contributed by atoms with Gasteiger partial charge in [0.05, 0.1) is 133 Å². The first-order valence-electron chi connectivity index (χ1n) is 40.3. The number of sulfone groups is 1. The van der Waals surface area contributed by atoms with E-state index >= 15 is 0 Å². The van der Waals surface area contributed by atoms with Crippen molar-refractivity contribution in [3.05, 3.63) is 372 Å². The maximum Gasteiger partial charge on any atom is 0.416 e. The second-order valence-corrected chi connectivity index (χ2v) is 31.9. The third kappa shape index (κ3) is 24.2. The summed E-state index contributed by atoms with van der Waals surface area (Å²) in [5.41, 5.74) is 10.2. The summed E-state index contributed by atoms with van der Waals surface area (Å²) in [6, 6.07) is 60.3. The number of carbonyl (C=O) groups is 4. The van der Waals surface area contributed by atoms with Crippen LogP contribution in [0.1, 0.15) is 120 Å². The molecule has 16 aromatic rings. The SMILES string of the molecule is COc1c(C(=O)NCc2ccc(C(F)(F)F)cc2)ccc2n[nH]c(/C=C/c3ccc(F)cc3)c12.COc1c(C(=O)NCc2ccc(S(C)(=O)=O)cc2)ccc2n[nH]c(/C=C/c3ccc(F)cc3)c12.COc1c(C(=O)NCc2cccc(C(F)(F)F)c2)ccc2n[nH]c(/C=C/c3ccc(F)cc3)c12.COc1c(C(=O)NCc2cccc(Cl)c2)ccc2n[nH]c(/C=C/c3ccc(F)cc3)c12. The van der Waals surface area contributed by atoms with E-state index in [9.17, 15) is 71.5 Å². The summed E-state index contributed by atoms with van der Waals surface area (Å²) in [7, 11) is 2.57. The molecule has 0 spiro atoms. The molecule has 4 amide bonds. The first-order chi connectivity index (χ1) is 63.8. The van der Waals surface area contributed by atoms with E-state index in [4.69, 9.17) is 30.5 Å². The van der Waals surface area contributed by atoms with Gasteiger partial charge in [0, 0.05) is 37.5 Å². The quantitative estimate of drug-likeness (QED) is 0.0247. The van der Waals surface area contributed by atoms with Gasteiger partial charge in [0.15, 0.2) is 9.84 Å². The van der Waals surface area contributed by atoms with Crippen molar-refractivity contribution in [3.63, 3.8) is 0 Å².